The molecule has 1 aromatic heterocycles. The van der Waals surface area contributed by atoms with Crippen molar-refractivity contribution in [3.05, 3.63) is 16.0 Å². The van der Waals surface area contributed by atoms with Gasteiger partial charge < -0.3 is 11.1 Å². The Morgan fingerprint density at radius 3 is 3.00 bits per heavy atom. The average Bonchev–Trinajstić information content (AvgIpc) is 2.40. The molecule has 3 N–H and O–H groups in total. The van der Waals surface area contributed by atoms with Gasteiger partial charge in [0, 0.05) is 11.4 Å². The Hall–Kier alpha value is -0.760. The number of rotatable bonds is 0. The molecule has 2 rings (SSSR count). The van der Waals surface area contributed by atoms with Crippen LogP contribution in [0.4, 0.5) is 5.00 Å². The molecule has 70 valence electrons. The van der Waals surface area contributed by atoms with E-state index in [0.717, 1.165) is 19.5 Å². The Morgan fingerprint density at radius 1 is 1.54 bits per heavy atom. The second-order valence-electron chi connectivity index (χ2n) is 2.78. The van der Waals surface area contributed by atoms with Crippen LogP contribution in [0.3, 0.4) is 0 Å². The summed E-state index contributed by atoms with van der Waals surface area (Å²) in [6.07, 6.45) is 0.936. The van der Waals surface area contributed by atoms with Crippen molar-refractivity contribution in [1.82, 2.24) is 5.32 Å². The highest BCUT2D eigenvalue weighted by Gasteiger charge is 2.18. The van der Waals surface area contributed by atoms with Gasteiger partial charge in [-0.1, -0.05) is 0 Å². The van der Waals surface area contributed by atoms with Crippen molar-refractivity contribution in [3.63, 3.8) is 0 Å². The maximum atomic E-state index is 8.82. The third-order valence-electron chi connectivity index (χ3n) is 2.07. The molecule has 0 aromatic carbocycles. The van der Waals surface area contributed by atoms with Gasteiger partial charge in [-0.25, -0.2) is 0 Å². The molecule has 3 nitrogen and oxygen atoms in total. The minimum atomic E-state index is 0. The van der Waals surface area contributed by atoms with Crippen LogP contribution in [-0.4, -0.2) is 6.54 Å². The first-order chi connectivity index (χ1) is 5.83. The largest absolute Gasteiger partial charge is 0.389 e. The first kappa shape index (κ1) is 10.3. The van der Waals surface area contributed by atoms with Crippen LogP contribution in [0.15, 0.2) is 0 Å². The summed E-state index contributed by atoms with van der Waals surface area (Å²) in [5.74, 6) is 0. The molecule has 0 bridgehead atoms. The summed E-state index contributed by atoms with van der Waals surface area (Å²) in [6.45, 7) is 1.82. The monoisotopic (exact) mass is 215 g/mol. The second kappa shape index (κ2) is 3.97. The van der Waals surface area contributed by atoms with Gasteiger partial charge in [0.25, 0.3) is 0 Å². The molecule has 1 aliphatic rings. The molecule has 0 spiro atoms. The number of anilines is 1. The number of hydrogen-bond donors (Lipinski definition) is 2. The van der Waals surface area contributed by atoms with Crippen LogP contribution in [0.2, 0.25) is 0 Å². The number of halogens is 1. The van der Waals surface area contributed by atoms with E-state index < -0.39 is 0 Å². The summed E-state index contributed by atoms with van der Waals surface area (Å²) in [7, 11) is 0. The second-order valence-corrected chi connectivity index (χ2v) is 3.92. The zero-order valence-corrected chi connectivity index (χ0v) is 8.60. The molecule has 0 saturated carbocycles. The highest BCUT2D eigenvalue weighted by Crippen LogP contribution is 2.32. The van der Waals surface area contributed by atoms with Crippen LogP contribution in [0.5, 0.6) is 0 Å². The van der Waals surface area contributed by atoms with Crippen molar-refractivity contribution < 1.29 is 0 Å². The normalized spacial score (nSPS) is 14.1. The van der Waals surface area contributed by atoms with Crippen molar-refractivity contribution in [2.75, 3.05) is 12.3 Å². The minimum absolute atomic E-state index is 0. The fourth-order valence-electron chi connectivity index (χ4n) is 1.48. The predicted octanol–water partition coefficient (Wildman–Crippen LogP) is 1.27. The summed E-state index contributed by atoms with van der Waals surface area (Å²) in [4.78, 5) is 1.23. The maximum Gasteiger partial charge on any atom is 0.104 e. The Labute approximate surface area is 87.0 Å². The Kier molecular flexibility index (Phi) is 3.15. The highest BCUT2D eigenvalue weighted by molar-refractivity contribution is 7.16. The molecule has 2 heterocycles. The molecule has 5 heteroatoms. The molecule has 0 fully saturated rings. The summed E-state index contributed by atoms with van der Waals surface area (Å²) in [5.41, 5.74) is 7.57. The van der Waals surface area contributed by atoms with E-state index in [-0.39, 0.29) is 12.4 Å². The number of fused-ring (bicyclic) bond motifs is 1. The topological polar surface area (TPSA) is 61.8 Å². The molecule has 1 aromatic rings. The number of nitrogens with zero attached hydrogens (tertiary/aromatic N) is 1. The first-order valence-corrected chi connectivity index (χ1v) is 4.65. The van der Waals surface area contributed by atoms with Gasteiger partial charge in [0.05, 0.1) is 5.56 Å². The summed E-state index contributed by atoms with van der Waals surface area (Å²) < 4.78 is 0. The highest BCUT2D eigenvalue weighted by atomic mass is 35.5. The third kappa shape index (κ3) is 1.63. The summed E-state index contributed by atoms with van der Waals surface area (Å²) in [6, 6.07) is 2.16. The number of thiophene rings is 1. The van der Waals surface area contributed by atoms with Gasteiger partial charge in [0.2, 0.25) is 0 Å². The van der Waals surface area contributed by atoms with E-state index in [1.807, 2.05) is 0 Å². The van der Waals surface area contributed by atoms with Crippen molar-refractivity contribution in [2.45, 2.75) is 13.0 Å². The zero-order valence-electron chi connectivity index (χ0n) is 6.96. The van der Waals surface area contributed by atoms with E-state index in [4.69, 9.17) is 11.0 Å². The number of nitrogens with two attached hydrogens (primary N) is 1. The lowest BCUT2D eigenvalue weighted by molar-refractivity contribution is 0.654. The fraction of sp³-hybridized carbons (Fsp3) is 0.375. The Morgan fingerprint density at radius 2 is 2.31 bits per heavy atom. The zero-order chi connectivity index (χ0) is 8.55. The molecule has 0 radical (unpaired) electrons. The summed E-state index contributed by atoms with van der Waals surface area (Å²) >= 11 is 1.53. The molecule has 0 amide bonds. The van der Waals surface area contributed by atoms with Gasteiger partial charge in [-0.15, -0.1) is 23.7 Å². The third-order valence-corrected chi connectivity index (χ3v) is 3.13. The van der Waals surface area contributed by atoms with E-state index in [2.05, 4.69) is 11.4 Å². The number of nitrogen functional groups attached to an aromatic ring is 1. The SMILES string of the molecule is Cl.N#Cc1c(N)sc2c1CCNC2. The lowest BCUT2D eigenvalue weighted by Crippen LogP contribution is -2.22. The molecule has 0 saturated heterocycles. The molecular weight excluding hydrogens is 206 g/mol. The number of nitriles is 1. The molecular formula is C8H10ClN3S. The van der Waals surface area contributed by atoms with E-state index in [0.29, 0.717) is 10.6 Å². The molecule has 0 unspecified atom stereocenters. The van der Waals surface area contributed by atoms with Gasteiger partial charge in [-0.05, 0) is 18.5 Å². The van der Waals surface area contributed by atoms with E-state index >= 15 is 0 Å². The first-order valence-electron chi connectivity index (χ1n) is 3.83. The predicted molar refractivity (Wildman–Crippen MR) is 56.1 cm³/mol. The molecule has 0 aliphatic carbocycles. The standard InChI is InChI=1S/C8H9N3S.ClH/c9-3-6-5-1-2-11-4-7(5)12-8(6)10;/h11H,1-2,4,10H2;1H. The lowest BCUT2D eigenvalue weighted by Gasteiger charge is -2.11. The van der Waals surface area contributed by atoms with E-state index in [1.54, 1.807) is 0 Å². The van der Waals surface area contributed by atoms with Crippen LogP contribution in [0, 0.1) is 11.3 Å². The fourth-order valence-corrected chi connectivity index (χ4v) is 2.52. The van der Waals surface area contributed by atoms with Gasteiger partial charge in [-0.3, -0.25) is 0 Å². The Bertz CT molecular complexity index is 353. The quantitative estimate of drug-likeness (QED) is 0.685. The van der Waals surface area contributed by atoms with Crippen molar-refractivity contribution in [2.24, 2.45) is 0 Å². The van der Waals surface area contributed by atoms with Crippen LogP contribution in [0.25, 0.3) is 0 Å². The van der Waals surface area contributed by atoms with Gasteiger partial charge >= 0.3 is 0 Å². The number of nitrogens with one attached hydrogen (secondary N) is 1. The Balaban J connectivity index is 0.000000845. The molecule has 1 aliphatic heterocycles. The van der Waals surface area contributed by atoms with Crippen molar-refractivity contribution in [1.29, 1.82) is 5.26 Å². The van der Waals surface area contributed by atoms with Gasteiger partial charge in [-0.2, -0.15) is 5.26 Å². The van der Waals surface area contributed by atoms with E-state index in [1.165, 1.54) is 21.8 Å². The molecule has 0 atom stereocenters. The van der Waals surface area contributed by atoms with Gasteiger partial charge in [0.15, 0.2) is 0 Å². The van der Waals surface area contributed by atoms with Crippen molar-refractivity contribution in [3.8, 4) is 6.07 Å². The van der Waals surface area contributed by atoms with Crippen LogP contribution in [0.1, 0.15) is 16.0 Å². The van der Waals surface area contributed by atoms with E-state index in [9.17, 15) is 0 Å². The maximum absolute atomic E-state index is 8.82. The van der Waals surface area contributed by atoms with Crippen LogP contribution < -0.4 is 11.1 Å². The minimum Gasteiger partial charge on any atom is -0.389 e. The average molecular weight is 216 g/mol. The van der Waals surface area contributed by atoms with Gasteiger partial charge in [0.1, 0.15) is 11.1 Å². The smallest absolute Gasteiger partial charge is 0.104 e. The van der Waals surface area contributed by atoms with Crippen LogP contribution >= 0.6 is 23.7 Å². The summed E-state index contributed by atoms with van der Waals surface area (Å²) in [5, 5.41) is 12.7. The lowest BCUT2D eigenvalue weighted by atomic mass is 10.1. The number of hydrogen-bond acceptors (Lipinski definition) is 4. The molecule has 13 heavy (non-hydrogen) atoms. The van der Waals surface area contributed by atoms with Crippen molar-refractivity contribution >= 4 is 28.7 Å². The van der Waals surface area contributed by atoms with Crippen LogP contribution in [-0.2, 0) is 13.0 Å².